The number of halogens is 3. The number of aryl methyl sites for hydroxylation is 3. The molecule has 3 N–H and O–H groups in total. The summed E-state index contributed by atoms with van der Waals surface area (Å²) in [5, 5.41) is 10.3. The third-order valence-electron chi connectivity index (χ3n) is 17.4. The Morgan fingerprint density at radius 2 is 0.615 bits per heavy atom. The van der Waals surface area contributed by atoms with E-state index in [0.717, 1.165) is 93.7 Å². The molecule has 3 aliphatic heterocycles. The van der Waals surface area contributed by atoms with Gasteiger partial charge in [-0.25, -0.2) is 38.4 Å². The second kappa shape index (κ2) is 35.2. The van der Waals surface area contributed by atoms with Crippen LogP contribution in [0.2, 0.25) is 0 Å². The predicted octanol–water partition coefficient (Wildman–Crippen LogP) is 13.4. The largest absolute Gasteiger partial charge is 0.466 e. The lowest BCUT2D eigenvalue weighted by molar-refractivity contribution is -0.144. The zero-order chi connectivity index (χ0) is 69.9. The van der Waals surface area contributed by atoms with Gasteiger partial charge in [-0.2, -0.15) is 0 Å². The van der Waals surface area contributed by atoms with E-state index in [4.69, 9.17) is 14.2 Å². The Hall–Kier alpha value is -7.35. The first-order valence-corrected chi connectivity index (χ1v) is 37.4. The van der Waals surface area contributed by atoms with Gasteiger partial charge >= 0.3 is 17.9 Å². The molecule has 0 fully saturated rings. The fourth-order valence-electron chi connectivity index (χ4n) is 12.1. The van der Waals surface area contributed by atoms with E-state index >= 15 is 0 Å². The molecule has 6 aromatic carbocycles. The molecule has 522 valence electrons. The molecule has 3 aliphatic rings. The van der Waals surface area contributed by atoms with Crippen molar-refractivity contribution in [3.63, 3.8) is 0 Å². The van der Waals surface area contributed by atoms with Gasteiger partial charge in [-0.05, 0) is 204 Å². The van der Waals surface area contributed by atoms with Gasteiger partial charge < -0.3 is 30.2 Å². The van der Waals surface area contributed by atoms with Crippen molar-refractivity contribution in [2.75, 3.05) is 73.5 Å². The number of carbonyl (C=O) groups excluding carboxylic acids is 3. The summed E-state index contributed by atoms with van der Waals surface area (Å²) < 4.78 is 142. The third kappa shape index (κ3) is 18.6. The molecule has 96 heavy (non-hydrogen) atoms. The Balaban J connectivity index is 0.000000203. The van der Waals surface area contributed by atoms with Crippen LogP contribution in [0.3, 0.4) is 0 Å². The molecule has 9 rings (SSSR count). The van der Waals surface area contributed by atoms with Crippen LogP contribution in [-0.2, 0) is 58.7 Å². The van der Waals surface area contributed by atoms with Crippen molar-refractivity contribution in [3.8, 4) is 0 Å². The number of unbranched alkanes of at least 4 members (excludes halogenated alkanes) is 9. The van der Waals surface area contributed by atoms with Crippen molar-refractivity contribution in [2.45, 2.75) is 171 Å². The number of fused-ring (bicyclic) bond motifs is 6. The quantitative estimate of drug-likeness (QED) is 0.0248. The van der Waals surface area contributed by atoms with Crippen LogP contribution < -0.4 is 28.9 Å². The number of esters is 3. The number of hydrogen-bond acceptors (Lipinski definition) is 15. The van der Waals surface area contributed by atoms with Gasteiger partial charge in [-0.3, -0.25) is 27.3 Å². The number of sulfonamides is 3. The monoisotopic (exact) mass is 1390 g/mol. The predicted molar refractivity (Wildman–Crippen MR) is 368 cm³/mol. The summed E-state index contributed by atoms with van der Waals surface area (Å²) in [6.07, 6.45) is 11.7. The number of hydrogen-bond donors (Lipinski definition) is 3. The maximum absolute atomic E-state index is 14.5. The molecular formula is C72H93F3N6O12S3. The Morgan fingerprint density at radius 1 is 0.375 bits per heavy atom. The highest BCUT2D eigenvalue weighted by Gasteiger charge is 2.39. The van der Waals surface area contributed by atoms with Gasteiger partial charge in [0, 0.05) is 40.4 Å². The average Bonchev–Trinajstić information content (AvgIpc) is 1.60. The lowest BCUT2D eigenvalue weighted by Gasteiger charge is -2.22. The zero-order valence-corrected chi connectivity index (χ0v) is 59.0. The van der Waals surface area contributed by atoms with E-state index in [0.29, 0.717) is 109 Å². The van der Waals surface area contributed by atoms with Crippen LogP contribution in [-0.4, -0.2) is 104 Å². The van der Waals surface area contributed by atoms with E-state index in [1.54, 1.807) is 77.9 Å². The molecule has 0 saturated carbocycles. The van der Waals surface area contributed by atoms with Crippen molar-refractivity contribution < 1.29 is 67.0 Å². The Morgan fingerprint density at radius 3 is 0.865 bits per heavy atom. The number of benzene rings is 6. The normalized spacial score (nSPS) is 16.8. The maximum atomic E-state index is 14.5. The van der Waals surface area contributed by atoms with E-state index in [9.17, 15) is 52.8 Å². The van der Waals surface area contributed by atoms with Crippen LogP contribution in [0.15, 0.2) is 124 Å². The lowest BCUT2D eigenvalue weighted by atomic mass is 9.95. The molecule has 0 saturated heterocycles. The second-order valence-corrected chi connectivity index (χ2v) is 29.9. The molecule has 3 atom stereocenters. The van der Waals surface area contributed by atoms with Gasteiger partial charge in [0.25, 0.3) is 30.1 Å². The van der Waals surface area contributed by atoms with Gasteiger partial charge in [0.2, 0.25) is 0 Å². The number of nitrogens with zero attached hydrogens (tertiary/aromatic N) is 3. The number of nitrogens with one attached hydrogen (secondary N) is 3. The summed E-state index contributed by atoms with van der Waals surface area (Å²) in [6, 6.07) is 28.9. The van der Waals surface area contributed by atoms with Crippen molar-refractivity contribution in [3.05, 3.63) is 177 Å². The number of ether oxygens (including phenoxy) is 3. The molecular weight excluding hydrogens is 1290 g/mol. The Bertz CT molecular complexity index is 3620. The van der Waals surface area contributed by atoms with E-state index in [-0.39, 0.29) is 32.6 Å². The smallest absolute Gasteiger partial charge is 0.305 e. The van der Waals surface area contributed by atoms with Crippen LogP contribution in [0.4, 0.5) is 30.2 Å². The van der Waals surface area contributed by atoms with E-state index in [2.05, 4.69) is 16.0 Å². The van der Waals surface area contributed by atoms with Crippen LogP contribution >= 0.6 is 0 Å². The van der Waals surface area contributed by atoms with Crippen molar-refractivity contribution in [2.24, 2.45) is 0 Å². The summed E-state index contributed by atoms with van der Waals surface area (Å²) in [5.41, 5.74) is 6.28. The highest BCUT2D eigenvalue weighted by molar-refractivity contribution is 7.93. The van der Waals surface area contributed by atoms with Crippen LogP contribution in [0, 0.1) is 38.2 Å². The first kappa shape index (κ1) is 76.0. The highest BCUT2D eigenvalue weighted by Crippen LogP contribution is 2.44. The zero-order valence-electron chi connectivity index (χ0n) is 56.6. The molecule has 6 aromatic rings. The van der Waals surface area contributed by atoms with Gasteiger partial charge in [-0.1, -0.05) is 93.1 Å². The minimum absolute atomic E-state index is 0.127. The molecule has 24 heteroatoms. The summed E-state index contributed by atoms with van der Waals surface area (Å²) in [7, 11) is -6.86. The van der Waals surface area contributed by atoms with E-state index in [1.165, 1.54) is 70.5 Å². The first-order chi connectivity index (χ1) is 45.8. The summed E-state index contributed by atoms with van der Waals surface area (Å²) in [6.45, 7) is 13.2. The standard InChI is InChI=1S/3C24H31FN2O4S/c3*1-4-31-23(28)13-7-5-6-10-14-26-24-18-11-8-9-12-21(18)27(3)32(29,30)22-15-17(2)20(25)16-19(22)24/h3*8-9,11-12,15-16,24,26H,4-7,10,13-14H2,1-3H3. The van der Waals surface area contributed by atoms with Crippen LogP contribution in [0.1, 0.15) is 185 Å². The highest BCUT2D eigenvalue weighted by atomic mass is 32.2. The molecule has 0 bridgehead atoms. The number of anilines is 3. The number of rotatable bonds is 27. The molecule has 3 heterocycles. The number of carbonyl (C=O) groups is 3. The topological polar surface area (TPSA) is 227 Å². The van der Waals surface area contributed by atoms with Crippen LogP contribution in [0.25, 0.3) is 0 Å². The van der Waals surface area contributed by atoms with E-state index < -0.39 is 65.6 Å². The molecule has 0 spiro atoms. The molecule has 0 amide bonds. The number of para-hydroxylation sites is 3. The molecule has 18 nitrogen and oxygen atoms in total. The molecule has 3 unspecified atom stereocenters. The SMILES string of the molecule is CCOC(=O)CCCCCCNC1c2ccccc2N(C)S(=O)(=O)c2cc(C)c(F)cc21.CCOC(=O)CCCCCCNC1c2ccccc2N(C)S(=O)(=O)c2cc(C)c(F)cc21.CCOC(=O)CCCCCCNC1c2ccccc2N(C)S(=O)(=O)c2cc(C)c(F)cc21. The third-order valence-corrected chi connectivity index (χ3v) is 22.8. The average molecular weight is 1390 g/mol. The van der Waals surface area contributed by atoms with Gasteiger partial charge in [-0.15, -0.1) is 0 Å². The van der Waals surface area contributed by atoms with E-state index in [1.807, 2.05) is 36.4 Å². The molecule has 0 radical (unpaired) electrons. The van der Waals surface area contributed by atoms with Crippen LogP contribution in [0.5, 0.6) is 0 Å². The first-order valence-electron chi connectivity index (χ1n) is 33.1. The second-order valence-electron chi connectivity index (χ2n) is 24.1. The van der Waals surface area contributed by atoms with Crippen molar-refractivity contribution in [1.29, 1.82) is 0 Å². The Labute approximate surface area is 565 Å². The van der Waals surface area contributed by atoms with Crippen molar-refractivity contribution in [1.82, 2.24) is 16.0 Å². The Kier molecular flexibility index (Phi) is 27.9. The lowest BCUT2D eigenvalue weighted by Crippen LogP contribution is -2.26. The maximum Gasteiger partial charge on any atom is 0.305 e. The van der Waals surface area contributed by atoms with Gasteiger partial charge in [0.05, 0.1) is 69.7 Å². The molecule has 0 aromatic heterocycles. The summed E-state index contributed by atoms with van der Waals surface area (Å²) >= 11 is 0. The minimum Gasteiger partial charge on any atom is -0.466 e. The molecule has 0 aliphatic carbocycles. The van der Waals surface area contributed by atoms with Gasteiger partial charge in [0.15, 0.2) is 0 Å². The summed E-state index contributed by atoms with van der Waals surface area (Å²) in [4.78, 5) is 34.6. The summed E-state index contributed by atoms with van der Waals surface area (Å²) in [5.74, 6) is -1.77. The van der Waals surface area contributed by atoms with Gasteiger partial charge in [0.1, 0.15) is 17.5 Å². The fraction of sp³-hybridized carbons (Fsp3) is 0.458. The van der Waals surface area contributed by atoms with Crippen molar-refractivity contribution >= 4 is 65.0 Å². The fourth-order valence-corrected chi connectivity index (χ4v) is 16.7. The minimum atomic E-state index is -3.82.